The van der Waals surface area contributed by atoms with Crippen molar-refractivity contribution in [3.63, 3.8) is 0 Å². The van der Waals surface area contributed by atoms with Crippen LogP contribution in [0.25, 0.3) is 11.3 Å². The lowest BCUT2D eigenvalue weighted by atomic mass is 9.77. The number of carbonyl (C=O) groups is 1. The van der Waals surface area contributed by atoms with E-state index in [1.807, 2.05) is 24.3 Å². The highest BCUT2D eigenvalue weighted by Crippen LogP contribution is 2.37. The Morgan fingerprint density at radius 3 is 2.41 bits per heavy atom. The Morgan fingerprint density at radius 2 is 1.76 bits per heavy atom. The molecule has 1 saturated carbocycles. The van der Waals surface area contributed by atoms with Gasteiger partial charge in [-0.1, -0.05) is 42.0 Å². The third kappa shape index (κ3) is 4.86. The van der Waals surface area contributed by atoms with E-state index in [0.29, 0.717) is 24.3 Å². The summed E-state index contributed by atoms with van der Waals surface area (Å²) in [5, 5.41) is 12.1. The quantitative estimate of drug-likeness (QED) is 0.528. The van der Waals surface area contributed by atoms with Crippen molar-refractivity contribution in [3.8, 4) is 11.3 Å². The summed E-state index contributed by atoms with van der Waals surface area (Å²) in [6.45, 7) is 2.05. The van der Waals surface area contributed by atoms with Crippen molar-refractivity contribution in [3.05, 3.63) is 65.9 Å². The Morgan fingerprint density at radius 1 is 1.07 bits per heavy atom. The molecular weight excluding hydrogens is 364 g/mol. The lowest BCUT2D eigenvalue weighted by molar-refractivity contribution is -0.138. The molecule has 0 amide bonds. The van der Waals surface area contributed by atoms with Crippen molar-refractivity contribution in [1.82, 2.24) is 4.98 Å². The summed E-state index contributed by atoms with van der Waals surface area (Å²) in [6.07, 6.45) is 6.15. The maximum absolute atomic E-state index is 10.9. The Hall–Kier alpha value is -3.08. The molecule has 1 aromatic heterocycles. The van der Waals surface area contributed by atoms with Gasteiger partial charge < -0.3 is 14.8 Å². The first-order valence-corrected chi connectivity index (χ1v) is 10.2. The van der Waals surface area contributed by atoms with Crippen LogP contribution in [0.4, 0.5) is 11.7 Å². The molecule has 0 atom stereocenters. The molecule has 0 unspecified atom stereocenters. The van der Waals surface area contributed by atoms with Gasteiger partial charge in [-0.3, -0.25) is 4.79 Å². The minimum atomic E-state index is -0.680. The number of oxazole rings is 1. The summed E-state index contributed by atoms with van der Waals surface area (Å²) < 4.78 is 5.86. The molecule has 5 heteroatoms. The normalized spacial score (nSPS) is 19.1. The predicted octanol–water partition coefficient (Wildman–Crippen LogP) is 6.14. The summed E-state index contributed by atoms with van der Waals surface area (Å²) in [7, 11) is 0. The molecule has 1 heterocycles. The molecule has 0 aliphatic heterocycles. The van der Waals surface area contributed by atoms with E-state index in [0.717, 1.165) is 42.7 Å². The fourth-order valence-electron chi connectivity index (χ4n) is 4.09. The van der Waals surface area contributed by atoms with Crippen LogP contribution in [0.1, 0.15) is 49.1 Å². The van der Waals surface area contributed by atoms with E-state index >= 15 is 0 Å². The molecule has 4 rings (SSSR count). The molecule has 29 heavy (non-hydrogen) atoms. The van der Waals surface area contributed by atoms with Crippen LogP contribution in [-0.2, 0) is 4.79 Å². The molecular formula is C24H26N2O3. The fourth-order valence-corrected chi connectivity index (χ4v) is 4.09. The number of aromatic nitrogens is 1. The maximum atomic E-state index is 10.9. The van der Waals surface area contributed by atoms with Gasteiger partial charge in [0.1, 0.15) is 0 Å². The van der Waals surface area contributed by atoms with Crippen LogP contribution in [0.3, 0.4) is 0 Å². The first-order chi connectivity index (χ1) is 14.1. The van der Waals surface area contributed by atoms with E-state index in [1.165, 1.54) is 11.1 Å². The largest absolute Gasteiger partial charge is 0.481 e. The molecule has 3 aromatic rings. The molecule has 0 spiro atoms. The SMILES string of the molecule is Cc1ccc(Nc2ncc(-c3ccc(C4CCC(CC(=O)O)CC4)cc3)o2)cc1. The number of aryl methyl sites for hydroxylation is 1. The zero-order valence-electron chi connectivity index (χ0n) is 16.6. The van der Waals surface area contributed by atoms with E-state index in [2.05, 4.69) is 41.5 Å². The third-order valence-corrected chi connectivity index (χ3v) is 5.79. The number of nitrogens with zero attached hydrogens (tertiary/aromatic N) is 1. The summed E-state index contributed by atoms with van der Waals surface area (Å²) in [4.78, 5) is 15.2. The van der Waals surface area contributed by atoms with Crippen molar-refractivity contribution >= 4 is 17.7 Å². The molecule has 0 saturated heterocycles. The molecule has 0 bridgehead atoms. The number of hydrogen-bond donors (Lipinski definition) is 2. The van der Waals surface area contributed by atoms with Gasteiger partial charge in [0, 0.05) is 17.7 Å². The second-order valence-electron chi connectivity index (χ2n) is 7.96. The second-order valence-corrected chi connectivity index (χ2v) is 7.96. The lowest BCUT2D eigenvalue weighted by Gasteiger charge is -2.28. The maximum Gasteiger partial charge on any atom is 0.303 e. The van der Waals surface area contributed by atoms with Crippen molar-refractivity contribution < 1.29 is 14.3 Å². The van der Waals surface area contributed by atoms with Crippen LogP contribution < -0.4 is 5.32 Å². The Bertz CT molecular complexity index is 953. The van der Waals surface area contributed by atoms with Crippen molar-refractivity contribution in [2.45, 2.75) is 44.9 Å². The van der Waals surface area contributed by atoms with Crippen LogP contribution in [-0.4, -0.2) is 16.1 Å². The molecule has 0 radical (unpaired) electrons. The van der Waals surface area contributed by atoms with E-state index in [9.17, 15) is 4.79 Å². The van der Waals surface area contributed by atoms with Crippen LogP contribution in [0.5, 0.6) is 0 Å². The van der Waals surface area contributed by atoms with Gasteiger partial charge in [0.2, 0.25) is 0 Å². The number of aliphatic carboxylic acids is 1. The van der Waals surface area contributed by atoms with Gasteiger partial charge in [-0.2, -0.15) is 0 Å². The van der Waals surface area contributed by atoms with Crippen LogP contribution in [0.15, 0.2) is 59.1 Å². The summed E-state index contributed by atoms with van der Waals surface area (Å²) in [5.74, 6) is 0.900. The highest BCUT2D eigenvalue weighted by molar-refractivity contribution is 5.67. The first kappa shape index (κ1) is 19.2. The van der Waals surface area contributed by atoms with Crippen molar-refractivity contribution in [1.29, 1.82) is 0 Å². The number of nitrogens with one attached hydrogen (secondary N) is 1. The van der Waals surface area contributed by atoms with Crippen molar-refractivity contribution in [2.75, 3.05) is 5.32 Å². The average molecular weight is 390 g/mol. The van der Waals surface area contributed by atoms with E-state index < -0.39 is 5.97 Å². The average Bonchev–Trinajstić information content (AvgIpc) is 3.19. The number of hydrogen-bond acceptors (Lipinski definition) is 4. The summed E-state index contributed by atoms with van der Waals surface area (Å²) in [5.41, 5.74) is 4.47. The number of carboxylic acids is 1. The van der Waals surface area contributed by atoms with Gasteiger partial charge in [-0.05, 0) is 62.1 Å². The van der Waals surface area contributed by atoms with Gasteiger partial charge in [-0.25, -0.2) is 4.98 Å². The number of benzene rings is 2. The Balaban J connectivity index is 1.38. The van der Waals surface area contributed by atoms with Gasteiger partial charge in [-0.15, -0.1) is 0 Å². The van der Waals surface area contributed by atoms with E-state index in [-0.39, 0.29) is 0 Å². The molecule has 1 aliphatic rings. The minimum Gasteiger partial charge on any atom is -0.481 e. The predicted molar refractivity (Wildman–Crippen MR) is 113 cm³/mol. The second kappa shape index (κ2) is 8.52. The number of anilines is 2. The van der Waals surface area contributed by atoms with Crippen LogP contribution >= 0.6 is 0 Å². The monoisotopic (exact) mass is 390 g/mol. The molecule has 5 nitrogen and oxygen atoms in total. The number of carboxylic acid groups (broad SMARTS) is 1. The Labute approximate surface area is 170 Å². The highest BCUT2D eigenvalue weighted by atomic mass is 16.4. The first-order valence-electron chi connectivity index (χ1n) is 10.2. The third-order valence-electron chi connectivity index (χ3n) is 5.79. The van der Waals surface area contributed by atoms with Gasteiger partial charge in [0.15, 0.2) is 5.76 Å². The summed E-state index contributed by atoms with van der Waals surface area (Å²) in [6, 6.07) is 17.0. The standard InChI is InChI=1S/C24H26N2O3/c1-16-2-12-21(13-3-16)26-24-25-15-22(29-24)20-10-8-19(9-11-20)18-6-4-17(5-7-18)14-23(27)28/h2-3,8-13,15,17-18H,4-7,14H2,1H3,(H,25,26)(H,27,28). The summed E-state index contributed by atoms with van der Waals surface area (Å²) >= 11 is 0. The van der Waals surface area contributed by atoms with E-state index in [4.69, 9.17) is 9.52 Å². The highest BCUT2D eigenvalue weighted by Gasteiger charge is 2.24. The molecule has 2 N–H and O–H groups in total. The van der Waals surface area contributed by atoms with E-state index in [1.54, 1.807) is 6.20 Å². The van der Waals surface area contributed by atoms with Gasteiger partial charge in [0.05, 0.1) is 6.20 Å². The van der Waals surface area contributed by atoms with Crippen LogP contribution in [0.2, 0.25) is 0 Å². The Kier molecular flexibility index (Phi) is 5.65. The number of rotatable bonds is 6. The lowest BCUT2D eigenvalue weighted by Crippen LogP contribution is -2.16. The zero-order chi connectivity index (χ0) is 20.2. The fraction of sp³-hybridized carbons (Fsp3) is 0.333. The topological polar surface area (TPSA) is 75.4 Å². The van der Waals surface area contributed by atoms with Crippen LogP contribution in [0, 0.1) is 12.8 Å². The molecule has 1 aliphatic carbocycles. The zero-order valence-corrected chi connectivity index (χ0v) is 16.6. The van der Waals surface area contributed by atoms with Crippen molar-refractivity contribution in [2.24, 2.45) is 5.92 Å². The van der Waals surface area contributed by atoms with Gasteiger partial charge in [0.25, 0.3) is 6.01 Å². The van der Waals surface area contributed by atoms with Gasteiger partial charge >= 0.3 is 5.97 Å². The molecule has 150 valence electrons. The molecule has 2 aromatic carbocycles. The smallest absolute Gasteiger partial charge is 0.303 e. The molecule has 1 fully saturated rings. The minimum absolute atomic E-state index is 0.302.